The maximum atomic E-state index is 12.8. The second-order valence-electron chi connectivity index (χ2n) is 8.45. The number of hydrogen-bond acceptors (Lipinski definition) is 12. The standard InChI is InChI=1S/C24H31N3O12/c1-4-5-25-22(34)26(9-14(2)29)24(36)27(23(25)35)10-17(30)12-39-21(33)16-6-15(20(32)37-3)7-19(8-16)38-13-18(31)11-28/h4,6-8,14,17-18,28-31H,1,5,9-13H2,2-3H3. The quantitative estimate of drug-likeness (QED) is 0.141. The molecule has 39 heavy (non-hydrogen) atoms. The second kappa shape index (κ2) is 14.2. The van der Waals surface area contributed by atoms with Gasteiger partial charge in [0, 0.05) is 0 Å². The van der Waals surface area contributed by atoms with Crippen molar-refractivity contribution in [3.63, 3.8) is 0 Å². The van der Waals surface area contributed by atoms with Gasteiger partial charge in [-0.25, -0.2) is 37.7 Å². The van der Waals surface area contributed by atoms with Gasteiger partial charge in [0.1, 0.15) is 31.2 Å². The Kier molecular flexibility index (Phi) is 11.3. The number of aromatic nitrogens is 3. The molecule has 0 saturated carbocycles. The van der Waals surface area contributed by atoms with E-state index in [1.165, 1.54) is 25.1 Å². The Morgan fingerprint density at radius 2 is 1.46 bits per heavy atom. The Morgan fingerprint density at radius 3 is 2.00 bits per heavy atom. The first-order valence-electron chi connectivity index (χ1n) is 11.7. The van der Waals surface area contributed by atoms with Crippen molar-refractivity contribution in [3.05, 3.63) is 73.4 Å². The van der Waals surface area contributed by atoms with Gasteiger partial charge in [-0.2, -0.15) is 0 Å². The summed E-state index contributed by atoms with van der Waals surface area (Å²) in [5, 5.41) is 38.5. The minimum absolute atomic E-state index is 0.0208. The summed E-state index contributed by atoms with van der Waals surface area (Å²) in [6.07, 6.45) is -2.63. The first-order chi connectivity index (χ1) is 18.4. The van der Waals surface area contributed by atoms with E-state index < -0.39 is 73.6 Å². The van der Waals surface area contributed by atoms with Crippen LogP contribution >= 0.6 is 0 Å². The van der Waals surface area contributed by atoms with Crippen LogP contribution in [0, 0.1) is 0 Å². The van der Waals surface area contributed by atoms with Crippen LogP contribution < -0.4 is 21.8 Å². The SMILES string of the molecule is C=CCn1c(=O)n(CC(C)O)c(=O)n(CC(O)COC(=O)c2cc(OCC(O)CO)cc(C(=O)OC)c2)c1=O. The minimum Gasteiger partial charge on any atom is -0.491 e. The molecule has 1 aromatic heterocycles. The number of nitrogens with zero attached hydrogens (tertiary/aromatic N) is 3. The van der Waals surface area contributed by atoms with E-state index in [-0.39, 0.29) is 30.0 Å². The molecule has 1 aromatic carbocycles. The second-order valence-corrected chi connectivity index (χ2v) is 8.45. The zero-order chi connectivity index (χ0) is 29.3. The fraction of sp³-hybridized carbons (Fsp3) is 0.458. The number of carbonyl (C=O) groups excluding carboxylic acids is 2. The van der Waals surface area contributed by atoms with Crippen LogP contribution in [0.3, 0.4) is 0 Å². The van der Waals surface area contributed by atoms with Gasteiger partial charge in [0.15, 0.2) is 0 Å². The molecule has 4 N–H and O–H groups in total. The Labute approximate surface area is 221 Å². The maximum absolute atomic E-state index is 12.8. The number of benzene rings is 1. The van der Waals surface area contributed by atoms with E-state index >= 15 is 0 Å². The third-order valence-corrected chi connectivity index (χ3v) is 5.16. The number of aliphatic hydroxyl groups excluding tert-OH is 4. The van der Waals surface area contributed by atoms with E-state index in [9.17, 15) is 39.3 Å². The molecular formula is C24H31N3O12. The van der Waals surface area contributed by atoms with Crippen LogP contribution in [0.5, 0.6) is 5.75 Å². The largest absolute Gasteiger partial charge is 0.491 e. The number of methoxy groups -OCH3 is 1. The average molecular weight is 554 g/mol. The molecule has 0 bridgehead atoms. The van der Waals surface area contributed by atoms with Crippen molar-refractivity contribution in [2.45, 2.75) is 44.9 Å². The van der Waals surface area contributed by atoms with E-state index in [4.69, 9.17) is 14.6 Å². The van der Waals surface area contributed by atoms with E-state index in [1.54, 1.807) is 0 Å². The molecule has 214 valence electrons. The third kappa shape index (κ3) is 8.22. The van der Waals surface area contributed by atoms with Gasteiger partial charge in [-0.15, -0.1) is 6.58 Å². The zero-order valence-electron chi connectivity index (χ0n) is 21.4. The van der Waals surface area contributed by atoms with Crippen molar-refractivity contribution in [2.75, 3.05) is 26.9 Å². The predicted octanol–water partition coefficient (Wildman–Crippen LogP) is -2.52. The molecule has 2 rings (SSSR count). The summed E-state index contributed by atoms with van der Waals surface area (Å²) in [5.41, 5.74) is -3.34. The Hall–Kier alpha value is -4.05. The number of carbonyl (C=O) groups is 2. The molecule has 15 heteroatoms. The predicted molar refractivity (Wildman–Crippen MR) is 134 cm³/mol. The van der Waals surface area contributed by atoms with Crippen LogP contribution in [-0.2, 0) is 29.1 Å². The van der Waals surface area contributed by atoms with Crippen LogP contribution in [0.25, 0.3) is 0 Å². The van der Waals surface area contributed by atoms with Gasteiger partial charge in [-0.3, -0.25) is 0 Å². The van der Waals surface area contributed by atoms with Gasteiger partial charge in [-0.05, 0) is 25.1 Å². The van der Waals surface area contributed by atoms with Crippen molar-refractivity contribution in [2.24, 2.45) is 0 Å². The molecule has 3 atom stereocenters. The van der Waals surface area contributed by atoms with E-state index in [0.29, 0.717) is 13.7 Å². The van der Waals surface area contributed by atoms with Crippen LogP contribution in [0.1, 0.15) is 27.6 Å². The summed E-state index contributed by atoms with van der Waals surface area (Å²) in [6.45, 7) is 1.89. The molecule has 1 heterocycles. The van der Waals surface area contributed by atoms with Gasteiger partial charge < -0.3 is 34.6 Å². The fourth-order valence-electron chi connectivity index (χ4n) is 3.34. The molecule has 0 fully saturated rings. The maximum Gasteiger partial charge on any atom is 0.338 e. The third-order valence-electron chi connectivity index (χ3n) is 5.16. The van der Waals surface area contributed by atoms with Gasteiger partial charge >= 0.3 is 29.0 Å². The molecule has 0 radical (unpaired) electrons. The molecule has 3 unspecified atom stereocenters. The first kappa shape index (κ1) is 31.2. The van der Waals surface area contributed by atoms with Crippen LogP contribution in [0.15, 0.2) is 45.2 Å². The van der Waals surface area contributed by atoms with Gasteiger partial charge in [-0.1, -0.05) is 6.08 Å². The number of esters is 2. The van der Waals surface area contributed by atoms with Crippen molar-refractivity contribution < 1.29 is 44.2 Å². The van der Waals surface area contributed by atoms with Gasteiger partial charge in [0.05, 0.1) is 50.6 Å². The molecule has 0 saturated heterocycles. The number of aliphatic hydroxyl groups is 4. The van der Waals surface area contributed by atoms with Crippen molar-refractivity contribution >= 4 is 11.9 Å². The van der Waals surface area contributed by atoms with Gasteiger partial charge in [0.2, 0.25) is 0 Å². The number of allylic oxidation sites excluding steroid dienone is 1. The highest BCUT2D eigenvalue weighted by Crippen LogP contribution is 2.19. The lowest BCUT2D eigenvalue weighted by Gasteiger charge is -2.17. The summed E-state index contributed by atoms with van der Waals surface area (Å²) < 4.78 is 16.9. The molecule has 0 spiro atoms. The van der Waals surface area contributed by atoms with Gasteiger partial charge in [0.25, 0.3) is 0 Å². The molecule has 15 nitrogen and oxygen atoms in total. The zero-order valence-corrected chi connectivity index (χ0v) is 21.4. The highest BCUT2D eigenvalue weighted by molar-refractivity contribution is 5.96. The highest BCUT2D eigenvalue weighted by atomic mass is 16.5. The Bertz CT molecular complexity index is 1360. The van der Waals surface area contributed by atoms with Crippen LogP contribution in [-0.4, -0.2) is 91.3 Å². The number of rotatable bonds is 14. The van der Waals surface area contributed by atoms with Crippen LogP contribution in [0.2, 0.25) is 0 Å². The van der Waals surface area contributed by atoms with Crippen molar-refractivity contribution in [1.29, 1.82) is 0 Å². The Morgan fingerprint density at radius 1 is 0.897 bits per heavy atom. The molecule has 0 aliphatic heterocycles. The summed E-state index contributed by atoms with van der Waals surface area (Å²) in [5.74, 6) is -1.84. The topological polar surface area (TPSA) is 209 Å². The van der Waals surface area contributed by atoms with Crippen LogP contribution in [0.4, 0.5) is 0 Å². The molecular weight excluding hydrogens is 522 g/mol. The summed E-state index contributed by atoms with van der Waals surface area (Å²) in [4.78, 5) is 62.7. The van der Waals surface area contributed by atoms with E-state index in [1.807, 2.05) is 0 Å². The summed E-state index contributed by atoms with van der Waals surface area (Å²) in [6, 6.07) is 3.57. The lowest BCUT2D eigenvalue weighted by molar-refractivity contribution is 0.0206. The lowest BCUT2D eigenvalue weighted by Crippen LogP contribution is -2.56. The number of hydrogen-bond donors (Lipinski definition) is 4. The minimum atomic E-state index is -1.58. The summed E-state index contributed by atoms with van der Waals surface area (Å²) >= 11 is 0. The van der Waals surface area contributed by atoms with Crippen molar-refractivity contribution in [3.8, 4) is 5.75 Å². The van der Waals surface area contributed by atoms with E-state index in [2.05, 4.69) is 11.3 Å². The normalized spacial score (nSPS) is 13.3. The summed E-state index contributed by atoms with van der Waals surface area (Å²) in [7, 11) is 1.12. The first-order valence-corrected chi connectivity index (χ1v) is 11.7. The highest BCUT2D eigenvalue weighted by Gasteiger charge is 2.21. The smallest absolute Gasteiger partial charge is 0.338 e. The average Bonchev–Trinajstić information content (AvgIpc) is 2.92. The fourth-order valence-corrected chi connectivity index (χ4v) is 3.34. The lowest BCUT2D eigenvalue weighted by atomic mass is 10.1. The van der Waals surface area contributed by atoms with E-state index in [0.717, 1.165) is 13.2 Å². The Balaban J connectivity index is 2.27. The number of ether oxygens (including phenoxy) is 3. The monoisotopic (exact) mass is 553 g/mol. The molecule has 0 amide bonds. The molecule has 0 aliphatic rings. The van der Waals surface area contributed by atoms with Crippen molar-refractivity contribution in [1.82, 2.24) is 13.7 Å². The molecule has 2 aromatic rings. The molecule has 0 aliphatic carbocycles.